The first kappa shape index (κ1) is 20.4. The second kappa shape index (κ2) is 9.73. The van der Waals surface area contributed by atoms with Gasteiger partial charge in [0.2, 0.25) is 5.89 Å². The minimum atomic E-state index is -0.711. The van der Waals surface area contributed by atoms with Crippen LogP contribution in [-0.2, 0) is 16.1 Å². The van der Waals surface area contributed by atoms with E-state index >= 15 is 0 Å². The Morgan fingerprint density at radius 3 is 3.00 bits per heavy atom. The van der Waals surface area contributed by atoms with E-state index in [2.05, 4.69) is 4.98 Å². The molecule has 0 bridgehead atoms. The number of carbonyl (C=O) groups is 1. The van der Waals surface area contributed by atoms with Gasteiger partial charge in [-0.1, -0.05) is 18.9 Å². The van der Waals surface area contributed by atoms with Crippen LogP contribution in [0.1, 0.15) is 56.4 Å². The summed E-state index contributed by atoms with van der Waals surface area (Å²) in [5, 5.41) is 8.80. The summed E-state index contributed by atoms with van der Waals surface area (Å²) in [6.45, 7) is 2.34. The van der Waals surface area contributed by atoms with Gasteiger partial charge in [-0.15, -0.1) is 0 Å². The molecule has 1 aliphatic rings. The van der Waals surface area contributed by atoms with Crippen LogP contribution in [0.4, 0.5) is 0 Å². The largest absolute Gasteiger partial charge is 0.497 e. The fraction of sp³-hybridized carbons (Fsp3) is 0.545. The monoisotopic (exact) mass is 387 g/mol. The number of methoxy groups -OCH3 is 1. The third kappa shape index (κ3) is 5.58. The van der Waals surface area contributed by atoms with Gasteiger partial charge in [-0.05, 0) is 56.7 Å². The van der Waals surface area contributed by atoms with Crippen molar-refractivity contribution >= 4 is 5.97 Å². The summed E-state index contributed by atoms with van der Waals surface area (Å²) in [5.74, 6) is 1.96. The van der Waals surface area contributed by atoms with Crippen molar-refractivity contribution in [2.45, 2.75) is 64.6 Å². The highest BCUT2D eigenvalue weighted by Crippen LogP contribution is 2.31. The Hall–Kier alpha value is -2.34. The lowest BCUT2D eigenvalue weighted by atomic mass is 9.84. The van der Waals surface area contributed by atoms with Crippen LogP contribution in [0.15, 0.2) is 28.7 Å². The van der Waals surface area contributed by atoms with Gasteiger partial charge in [0.1, 0.15) is 17.2 Å². The third-order valence-corrected chi connectivity index (χ3v) is 5.40. The van der Waals surface area contributed by atoms with E-state index in [0.29, 0.717) is 18.4 Å². The number of rotatable bonds is 9. The molecule has 0 aliphatic heterocycles. The van der Waals surface area contributed by atoms with E-state index in [-0.39, 0.29) is 12.5 Å². The van der Waals surface area contributed by atoms with E-state index in [9.17, 15) is 4.79 Å². The smallest absolute Gasteiger partial charge is 0.303 e. The molecule has 0 amide bonds. The first-order valence-corrected chi connectivity index (χ1v) is 9.99. The number of aryl methyl sites for hydroxylation is 1. The van der Waals surface area contributed by atoms with E-state index in [1.54, 1.807) is 7.11 Å². The Labute approximate surface area is 165 Å². The molecule has 1 aromatic carbocycles. The molecule has 1 aliphatic carbocycles. The first-order valence-electron chi connectivity index (χ1n) is 9.99. The van der Waals surface area contributed by atoms with Gasteiger partial charge in [-0.2, -0.15) is 0 Å². The van der Waals surface area contributed by atoms with Gasteiger partial charge in [-0.25, -0.2) is 4.98 Å². The lowest BCUT2D eigenvalue weighted by molar-refractivity contribution is -0.137. The molecule has 0 unspecified atom stereocenters. The summed E-state index contributed by atoms with van der Waals surface area (Å²) in [7, 11) is 1.64. The van der Waals surface area contributed by atoms with Gasteiger partial charge < -0.3 is 19.0 Å². The van der Waals surface area contributed by atoms with Gasteiger partial charge in [0.05, 0.1) is 19.8 Å². The van der Waals surface area contributed by atoms with Crippen molar-refractivity contribution in [1.29, 1.82) is 0 Å². The number of ether oxygens (including phenoxy) is 2. The molecule has 1 fully saturated rings. The van der Waals surface area contributed by atoms with Crippen molar-refractivity contribution in [2.24, 2.45) is 5.92 Å². The number of aromatic nitrogens is 1. The average Bonchev–Trinajstić information content (AvgIpc) is 3.07. The maximum atomic E-state index is 10.7. The van der Waals surface area contributed by atoms with E-state index in [4.69, 9.17) is 19.0 Å². The molecular weight excluding hydrogens is 358 g/mol. The van der Waals surface area contributed by atoms with Gasteiger partial charge in [-0.3, -0.25) is 4.79 Å². The summed E-state index contributed by atoms with van der Waals surface area (Å²) in [5.41, 5.74) is 1.70. The van der Waals surface area contributed by atoms with Crippen LogP contribution in [0.5, 0.6) is 5.75 Å². The van der Waals surface area contributed by atoms with Crippen LogP contribution in [0, 0.1) is 12.8 Å². The molecule has 1 saturated carbocycles. The summed E-state index contributed by atoms with van der Waals surface area (Å²) < 4.78 is 17.2. The van der Waals surface area contributed by atoms with Gasteiger partial charge in [0.15, 0.2) is 0 Å². The maximum absolute atomic E-state index is 10.7. The van der Waals surface area contributed by atoms with Crippen molar-refractivity contribution in [3.63, 3.8) is 0 Å². The fourth-order valence-electron chi connectivity index (χ4n) is 3.84. The summed E-state index contributed by atoms with van der Waals surface area (Å²) in [6.07, 6.45) is 6.54. The maximum Gasteiger partial charge on any atom is 0.303 e. The zero-order valence-electron chi connectivity index (χ0n) is 16.6. The molecular formula is C22H29NO5. The van der Waals surface area contributed by atoms with Gasteiger partial charge >= 0.3 is 5.97 Å². The summed E-state index contributed by atoms with van der Waals surface area (Å²) in [4.78, 5) is 15.3. The van der Waals surface area contributed by atoms with Crippen molar-refractivity contribution in [1.82, 2.24) is 4.98 Å². The van der Waals surface area contributed by atoms with Crippen molar-refractivity contribution in [3.8, 4) is 17.2 Å². The Kier molecular flexibility index (Phi) is 7.09. The third-order valence-electron chi connectivity index (χ3n) is 5.40. The predicted octanol–water partition coefficient (Wildman–Crippen LogP) is 4.99. The number of carboxylic acids is 1. The lowest BCUT2D eigenvalue weighted by Crippen LogP contribution is -2.23. The van der Waals surface area contributed by atoms with Crippen LogP contribution in [0.3, 0.4) is 0 Å². The molecule has 0 spiro atoms. The predicted molar refractivity (Wildman–Crippen MR) is 105 cm³/mol. The molecule has 28 heavy (non-hydrogen) atoms. The Morgan fingerprint density at radius 2 is 2.21 bits per heavy atom. The highest BCUT2D eigenvalue weighted by atomic mass is 16.5. The van der Waals surface area contributed by atoms with E-state index < -0.39 is 5.97 Å². The van der Waals surface area contributed by atoms with Gasteiger partial charge in [0, 0.05) is 12.0 Å². The van der Waals surface area contributed by atoms with Crippen LogP contribution >= 0.6 is 0 Å². The molecule has 1 aromatic heterocycles. The molecule has 2 atom stereocenters. The number of hydrogen-bond donors (Lipinski definition) is 1. The summed E-state index contributed by atoms with van der Waals surface area (Å²) >= 11 is 0. The number of benzene rings is 1. The van der Waals surface area contributed by atoms with Crippen LogP contribution in [-0.4, -0.2) is 29.3 Å². The highest BCUT2D eigenvalue weighted by molar-refractivity contribution is 5.66. The average molecular weight is 387 g/mol. The Balaban J connectivity index is 1.54. The molecule has 0 saturated heterocycles. The Morgan fingerprint density at radius 1 is 1.36 bits per heavy atom. The second-order valence-electron chi connectivity index (χ2n) is 7.51. The zero-order chi connectivity index (χ0) is 19.9. The van der Waals surface area contributed by atoms with Crippen molar-refractivity contribution in [3.05, 3.63) is 35.7 Å². The molecule has 2 aromatic rings. The zero-order valence-corrected chi connectivity index (χ0v) is 16.6. The normalized spacial score (nSPS) is 19.5. The van der Waals surface area contributed by atoms with Crippen LogP contribution in [0.25, 0.3) is 11.5 Å². The second-order valence-corrected chi connectivity index (χ2v) is 7.51. The molecule has 152 valence electrons. The van der Waals surface area contributed by atoms with Crippen molar-refractivity contribution < 1.29 is 23.8 Å². The van der Waals surface area contributed by atoms with E-state index in [0.717, 1.165) is 54.9 Å². The topological polar surface area (TPSA) is 81.8 Å². The molecule has 0 radical (unpaired) electrons. The SMILES string of the molecule is COc1cccc(-c2nc(CO[C@@H]3CCC[C@H](CCCC(=O)O)C3)c(C)o2)c1. The standard InChI is InChI=1S/C22H29NO5/c1-15-20(23-22(28-15)17-8-5-9-18(13-17)26-2)14-27-19-10-3-6-16(12-19)7-4-11-21(24)25/h5,8-9,13,16,19H,3-4,6-7,10-12,14H2,1-2H3,(H,24,25)/t16-,19-/m1/s1. The molecule has 3 rings (SSSR count). The highest BCUT2D eigenvalue weighted by Gasteiger charge is 2.23. The molecule has 6 heteroatoms. The molecule has 1 heterocycles. The number of oxazole rings is 1. The number of aliphatic carboxylic acids is 1. The fourth-order valence-corrected chi connectivity index (χ4v) is 3.84. The van der Waals surface area contributed by atoms with Crippen molar-refractivity contribution in [2.75, 3.05) is 7.11 Å². The summed E-state index contributed by atoms with van der Waals surface area (Å²) in [6, 6.07) is 7.65. The quantitative estimate of drug-likeness (QED) is 0.653. The molecule has 6 nitrogen and oxygen atoms in total. The number of carboxylic acid groups (broad SMARTS) is 1. The minimum Gasteiger partial charge on any atom is -0.497 e. The van der Waals surface area contributed by atoms with Gasteiger partial charge in [0.25, 0.3) is 0 Å². The van der Waals surface area contributed by atoms with Crippen LogP contribution < -0.4 is 4.74 Å². The first-order chi connectivity index (χ1) is 13.5. The Bertz CT molecular complexity index is 785. The van der Waals surface area contributed by atoms with E-state index in [1.165, 1.54) is 6.42 Å². The minimum absolute atomic E-state index is 0.208. The number of hydrogen-bond acceptors (Lipinski definition) is 5. The van der Waals surface area contributed by atoms with Crippen LogP contribution in [0.2, 0.25) is 0 Å². The molecule has 1 N–H and O–H groups in total. The van der Waals surface area contributed by atoms with E-state index in [1.807, 2.05) is 31.2 Å². The number of nitrogens with zero attached hydrogens (tertiary/aromatic N) is 1. The lowest BCUT2D eigenvalue weighted by Gasteiger charge is -2.29.